The fourth-order valence-corrected chi connectivity index (χ4v) is 4.23. The predicted octanol–water partition coefficient (Wildman–Crippen LogP) is 2.70. The molecule has 0 unspecified atom stereocenters. The molecule has 4 rings (SSSR count). The highest BCUT2D eigenvalue weighted by atomic mass is 16.5. The van der Waals surface area contributed by atoms with Gasteiger partial charge in [-0.1, -0.05) is 18.1 Å². The number of benzene rings is 1. The third-order valence-electron chi connectivity index (χ3n) is 5.76. The van der Waals surface area contributed by atoms with Crippen molar-refractivity contribution in [2.75, 3.05) is 16.8 Å². The number of aromatic nitrogens is 1. The van der Waals surface area contributed by atoms with Gasteiger partial charge in [-0.3, -0.25) is 19.3 Å². The zero-order valence-corrected chi connectivity index (χ0v) is 17.3. The molecule has 2 aliphatic rings. The van der Waals surface area contributed by atoms with E-state index in [-0.39, 0.29) is 35.0 Å². The van der Waals surface area contributed by atoms with Gasteiger partial charge in [0, 0.05) is 6.07 Å². The Bertz CT molecular complexity index is 1050. The summed E-state index contributed by atoms with van der Waals surface area (Å²) in [5.74, 6) is -1.15. The first-order valence-corrected chi connectivity index (χ1v) is 10.2. The zero-order valence-electron chi connectivity index (χ0n) is 17.3. The molecule has 3 amide bonds. The van der Waals surface area contributed by atoms with Crippen LogP contribution in [0.2, 0.25) is 0 Å². The molecule has 2 heterocycles. The van der Waals surface area contributed by atoms with Gasteiger partial charge in [0.25, 0.3) is 5.91 Å². The van der Waals surface area contributed by atoms with E-state index in [1.54, 1.807) is 19.1 Å². The molecule has 1 aromatic carbocycles. The molecule has 1 saturated carbocycles. The lowest BCUT2D eigenvalue weighted by Gasteiger charge is -2.25. The van der Waals surface area contributed by atoms with Crippen LogP contribution in [0.5, 0.6) is 0 Å². The van der Waals surface area contributed by atoms with E-state index in [9.17, 15) is 19.2 Å². The molecule has 31 heavy (non-hydrogen) atoms. The summed E-state index contributed by atoms with van der Waals surface area (Å²) in [4.78, 5) is 51.3. The molecule has 0 radical (unpaired) electrons. The quantitative estimate of drug-likeness (QED) is 0.578. The first kappa shape index (κ1) is 20.8. The number of anilines is 2. The Labute approximate surface area is 178 Å². The SMILES string of the molecule is Cc1cc(NC(=O)COC(=O)c2cccc(N3C(=O)[C@@H]4CC[C@H](C)C[C@H]4C3=O)c2)no1. The number of hydrogen-bond acceptors (Lipinski definition) is 7. The van der Waals surface area contributed by atoms with Crippen molar-refractivity contribution in [2.24, 2.45) is 17.8 Å². The van der Waals surface area contributed by atoms with E-state index < -0.39 is 18.5 Å². The molecule has 1 aromatic heterocycles. The highest BCUT2D eigenvalue weighted by Gasteiger charge is 2.50. The molecule has 9 heteroatoms. The number of aryl methyl sites for hydroxylation is 1. The molecule has 1 saturated heterocycles. The number of ether oxygens (including phenoxy) is 1. The Kier molecular flexibility index (Phi) is 5.58. The van der Waals surface area contributed by atoms with E-state index in [2.05, 4.69) is 17.4 Å². The van der Waals surface area contributed by atoms with Crippen LogP contribution in [0, 0.1) is 24.7 Å². The Hall–Kier alpha value is -3.49. The number of amides is 3. The number of hydrogen-bond donors (Lipinski definition) is 1. The Morgan fingerprint density at radius 2 is 1.97 bits per heavy atom. The maximum Gasteiger partial charge on any atom is 0.338 e. The van der Waals surface area contributed by atoms with Crippen molar-refractivity contribution in [2.45, 2.75) is 33.1 Å². The third-order valence-corrected chi connectivity index (χ3v) is 5.76. The van der Waals surface area contributed by atoms with E-state index in [1.165, 1.54) is 23.1 Å². The summed E-state index contributed by atoms with van der Waals surface area (Å²) >= 11 is 0. The molecule has 2 fully saturated rings. The van der Waals surface area contributed by atoms with Gasteiger partial charge in [0.15, 0.2) is 12.4 Å². The summed E-state index contributed by atoms with van der Waals surface area (Å²) in [6, 6.07) is 7.68. The van der Waals surface area contributed by atoms with Gasteiger partial charge in [-0.2, -0.15) is 0 Å². The fraction of sp³-hybridized carbons (Fsp3) is 0.409. The van der Waals surface area contributed by atoms with Gasteiger partial charge in [0.05, 0.1) is 23.1 Å². The lowest BCUT2D eigenvalue weighted by Crippen LogP contribution is -2.31. The predicted molar refractivity (Wildman–Crippen MR) is 109 cm³/mol. The van der Waals surface area contributed by atoms with Gasteiger partial charge in [-0.25, -0.2) is 4.79 Å². The molecule has 2 aromatic rings. The summed E-state index contributed by atoms with van der Waals surface area (Å²) in [7, 11) is 0. The number of nitrogens with zero attached hydrogens (tertiary/aromatic N) is 2. The van der Waals surface area contributed by atoms with Crippen LogP contribution < -0.4 is 10.2 Å². The van der Waals surface area contributed by atoms with Crippen molar-refractivity contribution in [1.29, 1.82) is 0 Å². The third kappa shape index (κ3) is 4.21. The van der Waals surface area contributed by atoms with Crippen LogP contribution in [0.4, 0.5) is 11.5 Å². The molecule has 0 bridgehead atoms. The molecule has 1 aliphatic heterocycles. The average molecular weight is 425 g/mol. The topological polar surface area (TPSA) is 119 Å². The molecule has 1 aliphatic carbocycles. The molecule has 3 atom stereocenters. The van der Waals surface area contributed by atoms with Crippen LogP contribution in [0.1, 0.15) is 42.3 Å². The van der Waals surface area contributed by atoms with Gasteiger partial charge in [0.2, 0.25) is 11.8 Å². The maximum absolute atomic E-state index is 12.9. The second kappa shape index (κ2) is 8.33. The number of carbonyl (C=O) groups is 4. The standard InChI is InChI=1S/C22H23N3O6/c1-12-6-7-16-17(8-12)21(28)25(20(16)27)15-5-3-4-14(10-15)22(29)30-11-19(26)23-18-9-13(2)31-24-18/h3-5,9-10,12,16-17H,6-8,11H2,1-2H3,(H,23,24,26)/t12-,16+,17+/m0/s1. The zero-order chi connectivity index (χ0) is 22.1. The molecule has 162 valence electrons. The van der Waals surface area contributed by atoms with Crippen molar-refractivity contribution in [1.82, 2.24) is 5.16 Å². The number of nitrogens with one attached hydrogen (secondary N) is 1. The Balaban J connectivity index is 1.42. The smallest absolute Gasteiger partial charge is 0.338 e. The van der Waals surface area contributed by atoms with Gasteiger partial charge >= 0.3 is 5.97 Å². The van der Waals surface area contributed by atoms with Crippen molar-refractivity contribution < 1.29 is 28.4 Å². The van der Waals surface area contributed by atoms with Crippen LogP contribution in [0.15, 0.2) is 34.9 Å². The average Bonchev–Trinajstić information content (AvgIpc) is 3.26. The van der Waals surface area contributed by atoms with Gasteiger partial charge in [0.1, 0.15) is 5.76 Å². The monoisotopic (exact) mass is 425 g/mol. The number of esters is 1. The molecular weight excluding hydrogens is 402 g/mol. The van der Waals surface area contributed by atoms with Crippen LogP contribution in [0.3, 0.4) is 0 Å². The minimum Gasteiger partial charge on any atom is -0.452 e. The van der Waals surface area contributed by atoms with Crippen molar-refractivity contribution >= 4 is 35.2 Å². The number of rotatable bonds is 5. The van der Waals surface area contributed by atoms with E-state index in [1.807, 2.05) is 0 Å². The van der Waals surface area contributed by atoms with Crippen LogP contribution >= 0.6 is 0 Å². The van der Waals surface area contributed by atoms with Crippen LogP contribution in [0.25, 0.3) is 0 Å². The second-order valence-corrected chi connectivity index (χ2v) is 8.14. The van der Waals surface area contributed by atoms with E-state index in [0.29, 0.717) is 30.2 Å². The van der Waals surface area contributed by atoms with E-state index in [4.69, 9.17) is 9.26 Å². The molecule has 0 spiro atoms. The van der Waals surface area contributed by atoms with Gasteiger partial charge < -0.3 is 14.6 Å². The number of fused-ring (bicyclic) bond motifs is 1. The minimum absolute atomic E-state index is 0.145. The van der Waals surface area contributed by atoms with Crippen molar-refractivity contribution in [3.05, 3.63) is 41.7 Å². The van der Waals surface area contributed by atoms with Crippen molar-refractivity contribution in [3.8, 4) is 0 Å². The molecule has 1 N–H and O–H groups in total. The van der Waals surface area contributed by atoms with E-state index in [0.717, 1.165) is 6.42 Å². The lowest BCUT2D eigenvalue weighted by atomic mass is 9.76. The molecular formula is C22H23N3O6. The van der Waals surface area contributed by atoms with Crippen molar-refractivity contribution in [3.63, 3.8) is 0 Å². The summed E-state index contributed by atoms with van der Waals surface area (Å²) in [6.45, 7) is 3.26. The Morgan fingerprint density at radius 1 is 1.19 bits per heavy atom. The van der Waals surface area contributed by atoms with E-state index >= 15 is 0 Å². The second-order valence-electron chi connectivity index (χ2n) is 8.14. The molecule has 9 nitrogen and oxygen atoms in total. The first-order valence-electron chi connectivity index (χ1n) is 10.2. The summed E-state index contributed by atoms with van der Waals surface area (Å²) in [5.41, 5.74) is 0.487. The minimum atomic E-state index is -0.738. The lowest BCUT2D eigenvalue weighted by molar-refractivity contribution is -0.122. The summed E-state index contributed by atoms with van der Waals surface area (Å²) < 4.78 is 9.90. The number of carbonyl (C=O) groups excluding carboxylic acids is 4. The summed E-state index contributed by atoms with van der Waals surface area (Å²) in [5, 5.41) is 6.08. The fourth-order valence-electron chi connectivity index (χ4n) is 4.23. The maximum atomic E-state index is 12.9. The largest absolute Gasteiger partial charge is 0.452 e. The first-order chi connectivity index (χ1) is 14.8. The summed E-state index contributed by atoms with van der Waals surface area (Å²) in [6.07, 6.45) is 2.33. The van der Waals surface area contributed by atoms with Crippen LogP contribution in [-0.2, 0) is 19.1 Å². The van der Waals surface area contributed by atoms with Gasteiger partial charge in [-0.15, -0.1) is 0 Å². The van der Waals surface area contributed by atoms with Gasteiger partial charge in [-0.05, 0) is 50.3 Å². The highest BCUT2D eigenvalue weighted by molar-refractivity contribution is 6.22. The highest BCUT2D eigenvalue weighted by Crippen LogP contribution is 2.42. The normalized spacial score (nSPS) is 22.9. The van der Waals surface area contributed by atoms with Crippen LogP contribution in [-0.4, -0.2) is 35.5 Å². The Morgan fingerprint density at radius 3 is 2.71 bits per heavy atom. The number of imide groups is 1.